The second kappa shape index (κ2) is 7.04. The summed E-state index contributed by atoms with van der Waals surface area (Å²) in [6, 6.07) is 9.45. The minimum Gasteiger partial charge on any atom is -0.326 e. The van der Waals surface area contributed by atoms with Crippen molar-refractivity contribution in [3.05, 3.63) is 29.8 Å². The van der Waals surface area contributed by atoms with Crippen molar-refractivity contribution in [3.63, 3.8) is 0 Å². The summed E-state index contributed by atoms with van der Waals surface area (Å²) in [7, 11) is 0. The van der Waals surface area contributed by atoms with Gasteiger partial charge in [0.15, 0.2) is 0 Å². The van der Waals surface area contributed by atoms with Crippen LogP contribution in [0.4, 0.5) is 5.69 Å². The van der Waals surface area contributed by atoms with Gasteiger partial charge < -0.3 is 10.6 Å². The van der Waals surface area contributed by atoms with Gasteiger partial charge in [0.05, 0.1) is 11.6 Å². The maximum atomic E-state index is 11.9. The molecule has 1 fully saturated rings. The molecule has 1 aliphatic heterocycles. The van der Waals surface area contributed by atoms with E-state index < -0.39 is 0 Å². The highest BCUT2D eigenvalue weighted by Crippen LogP contribution is 2.10. The summed E-state index contributed by atoms with van der Waals surface area (Å²) in [5.74, 6) is 0.0143. The molecule has 1 saturated heterocycles. The Balaban J connectivity index is 1.78. The molecule has 2 N–H and O–H groups in total. The average Bonchev–Trinajstić information content (AvgIpc) is 2.47. The fourth-order valence-corrected chi connectivity index (χ4v) is 2.31. The lowest BCUT2D eigenvalue weighted by Gasteiger charge is -2.33. The third-order valence-corrected chi connectivity index (χ3v) is 3.56. The molecule has 0 radical (unpaired) electrons. The molecule has 1 heterocycles. The van der Waals surface area contributed by atoms with E-state index in [0.717, 1.165) is 31.9 Å². The fourth-order valence-electron chi connectivity index (χ4n) is 2.31. The number of carbonyl (C=O) groups is 1. The number of anilines is 1. The molecular formula is C15H20N4O. The SMILES string of the molecule is CC1CNCCN1CCC(=O)Nc1ccc(C#N)cc1. The van der Waals surface area contributed by atoms with Gasteiger partial charge in [-0.2, -0.15) is 5.26 Å². The maximum Gasteiger partial charge on any atom is 0.225 e. The van der Waals surface area contributed by atoms with Gasteiger partial charge in [-0.25, -0.2) is 0 Å². The second-order valence-corrected chi connectivity index (χ2v) is 5.08. The zero-order chi connectivity index (χ0) is 14.4. The van der Waals surface area contributed by atoms with Gasteiger partial charge in [-0.05, 0) is 31.2 Å². The lowest BCUT2D eigenvalue weighted by Crippen LogP contribution is -2.50. The Kier molecular flexibility index (Phi) is 5.10. The Bertz CT molecular complexity index is 492. The molecule has 5 heteroatoms. The number of nitrogens with zero attached hydrogens (tertiary/aromatic N) is 2. The van der Waals surface area contributed by atoms with Crippen molar-refractivity contribution in [2.45, 2.75) is 19.4 Å². The number of hydrogen-bond acceptors (Lipinski definition) is 4. The Labute approximate surface area is 119 Å². The zero-order valence-corrected chi connectivity index (χ0v) is 11.7. The molecule has 1 atom stereocenters. The quantitative estimate of drug-likeness (QED) is 0.863. The smallest absolute Gasteiger partial charge is 0.225 e. The molecule has 1 aromatic rings. The van der Waals surface area contributed by atoms with Crippen LogP contribution >= 0.6 is 0 Å². The van der Waals surface area contributed by atoms with Gasteiger partial charge in [0, 0.05) is 44.3 Å². The van der Waals surface area contributed by atoms with Crippen molar-refractivity contribution in [2.75, 3.05) is 31.5 Å². The zero-order valence-electron chi connectivity index (χ0n) is 11.7. The monoisotopic (exact) mass is 272 g/mol. The fraction of sp³-hybridized carbons (Fsp3) is 0.467. The van der Waals surface area contributed by atoms with Gasteiger partial charge >= 0.3 is 0 Å². The largest absolute Gasteiger partial charge is 0.326 e. The minimum atomic E-state index is 0.0143. The number of benzene rings is 1. The third-order valence-electron chi connectivity index (χ3n) is 3.56. The van der Waals surface area contributed by atoms with Gasteiger partial charge in [-0.3, -0.25) is 9.69 Å². The topological polar surface area (TPSA) is 68.2 Å². The molecule has 20 heavy (non-hydrogen) atoms. The van der Waals surface area contributed by atoms with Gasteiger partial charge in [-0.15, -0.1) is 0 Å². The van der Waals surface area contributed by atoms with Crippen LogP contribution in [0.5, 0.6) is 0 Å². The van der Waals surface area contributed by atoms with Gasteiger partial charge in [-0.1, -0.05) is 0 Å². The van der Waals surface area contributed by atoms with Crippen molar-refractivity contribution in [1.29, 1.82) is 5.26 Å². The molecule has 2 rings (SSSR count). The highest BCUT2D eigenvalue weighted by atomic mass is 16.1. The van der Waals surface area contributed by atoms with Crippen LogP contribution in [0.1, 0.15) is 18.9 Å². The van der Waals surface area contributed by atoms with Crippen LogP contribution in [-0.4, -0.2) is 43.0 Å². The van der Waals surface area contributed by atoms with E-state index in [2.05, 4.69) is 28.5 Å². The molecule has 0 aliphatic carbocycles. The lowest BCUT2D eigenvalue weighted by molar-refractivity contribution is -0.116. The summed E-state index contributed by atoms with van der Waals surface area (Å²) in [4.78, 5) is 14.2. The average molecular weight is 272 g/mol. The molecule has 0 saturated carbocycles. The molecular weight excluding hydrogens is 252 g/mol. The van der Waals surface area contributed by atoms with Crippen molar-refractivity contribution in [2.24, 2.45) is 0 Å². The van der Waals surface area contributed by atoms with E-state index in [1.54, 1.807) is 24.3 Å². The van der Waals surface area contributed by atoms with Crippen LogP contribution < -0.4 is 10.6 Å². The first-order valence-electron chi connectivity index (χ1n) is 6.94. The van der Waals surface area contributed by atoms with Crippen LogP contribution in [0, 0.1) is 11.3 Å². The summed E-state index contributed by atoms with van der Waals surface area (Å²) >= 11 is 0. The van der Waals surface area contributed by atoms with E-state index in [1.807, 2.05) is 0 Å². The molecule has 1 unspecified atom stereocenters. The number of rotatable bonds is 4. The van der Waals surface area contributed by atoms with E-state index in [-0.39, 0.29) is 5.91 Å². The first-order chi connectivity index (χ1) is 9.69. The first kappa shape index (κ1) is 14.5. The Hall–Kier alpha value is -1.90. The highest BCUT2D eigenvalue weighted by molar-refractivity contribution is 5.90. The van der Waals surface area contributed by atoms with Crippen LogP contribution in [0.15, 0.2) is 24.3 Å². The van der Waals surface area contributed by atoms with Crippen LogP contribution in [-0.2, 0) is 4.79 Å². The predicted molar refractivity (Wildman–Crippen MR) is 78.3 cm³/mol. The van der Waals surface area contributed by atoms with E-state index >= 15 is 0 Å². The molecule has 1 amide bonds. The number of hydrogen-bond donors (Lipinski definition) is 2. The highest BCUT2D eigenvalue weighted by Gasteiger charge is 2.18. The Morgan fingerprint density at radius 2 is 2.25 bits per heavy atom. The first-order valence-corrected chi connectivity index (χ1v) is 6.94. The number of nitrogens with one attached hydrogen (secondary N) is 2. The molecule has 1 aromatic carbocycles. The summed E-state index contributed by atoms with van der Waals surface area (Å²) in [5, 5.41) is 14.9. The lowest BCUT2D eigenvalue weighted by atomic mass is 10.2. The Morgan fingerprint density at radius 1 is 1.50 bits per heavy atom. The van der Waals surface area contributed by atoms with Crippen molar-refractivity contribution < 1.29 is 4.79 Å². The van der Waals surface area contributed by atoms with E-state index in [1.165, 1.54) is 0 Å². The van der Waals surface area contributed by atoms with Crippen LogP contribution in [0.25, 0.3) is 0 Å². The van der Waals surface area contributed by atoms with Crippen molar-refractivity contribution in [3.8, 4) is 6.07 Å². The minimum absolute atomic E-state index is 0.0143. The number of piperazine rings is 1. The predicted octanol–water partition coefficient (Wildman–Crippen LogP) is 1.18. The Morgan fingerprint density at radius 3 is 2.90 bits per heavy atom. The molecule has 0 bridgehead atoms. The number of nitriles is 1. The van der Waals surface area contributed by atoms with E-state index in [0.29, 0.717) is 18.0 Å². The summed E-state index contributed by atoms with van der Waals surface area (Å²) in [6.07, 6.45) is 0.490. The summed E-state index contributed by atoms with van der Waals surface area (Å²) < 4.78 is 0. The molecule has 106 valence electrons. The number of amides is 1. The second-order valence-electron chi connectivity index (χ2n) is 5.08. The van der Waals surface area contributed by atoms with Gasteiger partial charge in [0.1, 0.15) is 0 Å². The molecule has 1 aliphatic rings. The third kappa shape index (κ3) is 4.05. The summed E-state index contributed by atoms with van der Waals surface area (Å²) in [5.41, 5.74) is 1.33. The van der Waals surface area contributed by atoms with Crippen LogP contribution in [0.2, 0.25) is 0 Å². The van der Waals surface area contributed by atoms with Gasteiger partial charge in [0.2, 0.25) is 5.91 Å². The molecule has 0 aromatic heterocycles. The molecule has 0 spiro atoms. The maximum absolute atomic E-state index is 11.9. The van der Waals surface area contributed by atoms with E-state index in [4.69, 9.17) is 5.26 Å². The van der Waals surface area contributed by atoms with E-state index in [9.17, 15) is 4.79 Å². The van der Waals surface area contributed by atoms with Crippen LogP contribution in [0.3, 0.4) is 0 Å². The normalized spacial score (nSPS) is 19.3. The van der Waals surface area contributed by atoms with Crippen molar-refractivity contribution in [1.82, 2.24) is 10.2 Å². The standard InChI is InChI=1S/C15H20N4O/c1-12-11-17-7-9-19(12)8-6-15(20)18-14-4-2-13(10-16)3-5-14/h2-5,12,17H,6-9,11H2,1H3,(H,18,20). The number of carbonyl (C=O) groups excluding carboxylic acids is 1. The van der Waals surface area contributed by atoms with Crippen molar-refractivity contribution >= 4 is 11.6 Å². The molecule has 5 nitrogen and oxygen atoms in total. The summed E-state index contributed by atoms with van der Waals surface area (Å²) in [6.45, 7) is 5.92. The van der Waals surface area contributed by atoms with Gasteiger partial charge in [0.25, 0.3) is 0 Å².